The number of carbonyl (C=O) groups excluding carboxylic acids is 4. The number of ether oxygens (including phenoxy) is 4. The van der Waals surface area contributed by atoms with Crippen LogP contribution in [0.5, 0.6) is 0 Å². The van der Waals surface area contributed by atoms with Gasteiger partial charge in [-0.3, -0.25) is 4.79 Å². The van der Waals surface area contributed by atoms with Crippen molar-refractivity contribution in [1.82, 2.24) is 15.5 Å². The summed E-state index contributed by atoms with van der Waals surface area (Å²) in [7, 11) is 0. The first-order valence-corrected chi connectivity index (χ1v) is 13.3. The van der Waals surface area contributed by atoms with Gasteiger partial charge in [0, 0.05) is 26.1 Å². The molecule has 2 atom stereocenters. The predicted octanol–water partition coefficient (Wildman–Crippen LogP) is 3.55. The van der Waals surface area contributed by atoms with Crippen molar-refractivity contribution in [3.63, 3.8) is 0 Å². The predicted molar refractivity (Wildman–Crippen MR) is 144 cm³/mol. The quantitative estimate of drug-likeness (QED) is 0.243. The molecule has 0 radical (unpaired) electrons. The van der Waals surface area contributed by atoms with Crippen LogP contribution in [0, 0.1) is 0 Å². The molecule has 0 bridgehead atoms. The Hall–Kier alpha value is -3.34. The topological polar surface area (TPSA) is 132 Å². The maximum Gasteiger partial charge on any atom is 0.408 e. The average molecular weight is 550 g/mol. The molecule has 2 N–H and O–H groups in total. The third-order valence-corrected chi connectivity index (χ3v) is 5.48. The van der Waals surface area contributed by atoms with Gasteiger partial charge in [0.25, 0.3) is 0 Å². The second-order valence-electron chi connectivity index (χ2n) is 11.3. The van der Waals surface area contributed by atoms with Gasteiger partial charge in [0.1, 0.15) is 29.9 Å². The third kappa shape index (κ3) is 12.4. The monoisotopic (exact) mass is 549 g/mol. The molecule has 1 fully saturated rings. The minimum atomic E-state index is -0.966. The third-order valence-electron chi connectivity index (χ3n) is 5.48. The van der Waals surface area contributed by atoms with E-state index < -0.39 is 47.3 Å². The summed E-state index contributed by atoms with van der Waals surface area (Å²) in [6, 6.07) is 7.64. The normalized spacial score (nSPS) is 16.3. The van der Waals surface area contributed by atoms with Crippen LogP contribution in [0.25, 0.3) is 0 Å². The van der Waals surface area contributed by atoms with E-state index >= 15 is 0 Å². The van der Waals surface area contributed by atoms with Gasteiger partial charge in [-0.2, -0.15) is 0 Å². The highest BCUT2D eigenvalue weighted by Gasteiger charge is 2.40. The van der Waals surface area contributed by atoms with Crippen LogP contribution in [0.15, 0.2) is 30.3 Å². The summed E-state index contributed by atoms with van der Waals surface area (Å²) in [6.07, 6.45) is -0.0191. The molecule has 39 heavy (non-hydrogen) atoms. The zero-order valence-corrected chi connectivity index (χ0v) is 23.9. The van der Waals surface area contributed by atoms with Gasteiger partial charge in [-0.15, -0.1) is 0 Å². The summed E-state index contributed by atoms with van der Waals surface area (Å²) < 4.78 is 21.6. The fourth-order valence-corrected chi connectivity index (χ4v) is 3.86. The van der Waals surface area contributed by atoms with E-state index in [4.69, 9.17) is 18.9 Å². The molecule has 0 saturated carbocycles. The Morgan fingerprint density at radius 2 is 1.62 bits per heavy atom. The number of carbonyl (C=O) groups is 4. The molecule has 218 valence electrons. The standard InChI is InChI=1S/C28H43N3O8/c1-27(2,3)38-24(33)22-13-10-16-31(22)23(32)21(30-26(35)39-28(4,5)6)14-17-36-18-15-29-25(34)37-19-20-11-8-7-9-12-20/h7-9,11-12,21-22H,10,13-19H2,1-6H3,(H,29,34)(H,30,35)/t21?,22-/m0/s1. The first-order valence-electron chi connectivity index (χ1n) is 13.3. The number of nitrogens with zero attached hydrogens (tertiary/aromatic N) is 1. The Bertz CT molecular complexity index is 956. The molecule has 1 aliphatic rings. The Kier molecular flexibility index (Phi) is 12.0. The van der Waals surface area contributed by atoms with Crippen molar-refractivity contribution in [2.24, 2.45) is 0 Å². The number of esters is 1. The van der Waals surface area contributed by atoms with E-state index in [1.54, 1.807) is 41.5 Å². The zero-order chi connectivity index (χ0) is 29.1. The molecule has 0 spiro atoms. The molecule has 11 nitrogen and oxygen atoms in total. The summed E-state index contributed by atoms with van der Waals surface area (Å²) in [6.45, 7) is 11.5. The van der Waals surface area contributed by atoms with Gasteiger partial charge in [0.2, 0.25) is 5.91 Å². The van der Waals surface area contributed by atoms with Crippen LogP contribution in [0.4, 0.5) is 9.59 Å². The summed E-state index contributed by atoms with van der Waals surface area (Å²) in [5.41, 5.74) is -0.552. The zero-order valence-electron chi connectivity index (χ0n) is 23.9. The van der Waals surface area contributed by atoms with Gasteiger partial charge in [-0.05, 0) is 59.9 Å². The van der Waals surface area contributed by atoms with Crippen molar-refractivity contribution in [2.75, 3.05) is 26.3 Å². The van der Waals surface area contributed by atoms with E-state index in [9.17, 15) is 19.2 Å². The number of alkyl carbamates (subject to hydrolysis) is 2. The Morgan fingerprint density at radius 3 is 2.26 bits per heavy atom. The first-order chi connectivity index (χ1) is 18.2. The van der Waals surface area contributed by atoms with Crippen molar-refractivity contribution in [3.05, 3.63) is 35.9 Å². The van der Waals surface area contributed by atoms with E-state index in [1.165, 1.54) is 4.90 Å². The average Bonchev–Trinajstić information content (AvgIpc) is 3.32. The number of hydrogen-bond acceptors (Lipinski definition) is 8. The lowest BCUT2D eigenvalue weighted by Crippen LogP contribution is -2.53. The summed E-state index contributed by atoms with van der Waals surface area (Å²) in [5, 5.41) is 5.23. The smallest absolute Gasteiger partial charge is 0.408 e. The van der Waals surface area contributed by atoms with Gasteiger partial charge in [0.15, 0.2) is 0 Å². The van der Waals surface area contributed by atoms with Crippen LogP contribution in [-0.2, 0) is 35.1 Å². The minimum Gasteiger partial charge on any atom is -0.458 e. The van der Waals surface area contributed by atoms with Crippen LogP contribution in [-0.4, -0.2) is 78.6 Å². The van der Waals surface area contributed by atoms with Gasteiger partial charge < -0.3 is 34.5 Å². The van der Waals surface area contributed by atoms with Crippen molar-refractivity contribution in [2.45, 2.75) is 90.7 Å². The fraction of sp³-hybridized carbons (Fsp3) is 0.643. The summed E-state index contributed by atoms with van der Waals surface area (Å²) >= 11 is 0. The number of hydrogen-bond donors (Lipinski definition) is 2. The summed E-state index contributed by atoms with van der Waals surface area (Å²) in [5.74, 6) is -0.869. The van der Waals surface area contributed by atoms with Crippen LogP contribution in [0.2, 0.25) is 0 Å². The lowest BCUT2D eigenvalue weighted by atomic mass is 10.1. The van der Waals surface area contributed by atoms with Crippen LogP contribution >= 0.6 is 0 Å². The van der Waals surface area contributed by atoms with Crippen molar-refractivity contribution in [3.8, 4) is 0 Å². The van der Waals surface area contributed by atoms with Crippen molar-refractivity contribution in [1.29, 1.82) is 0 Å². The number of nitrogens with one attached hydrogen (secondary N) is 2. The van der Waals surface area contributed by atoms with Gasteiger partial charge >= 0.3 is 18.2 Å². The molecule has 1 heterocycles. The Morgan fingerprint density at radius 1 is 0.949 bits per heavy atom. The minimum absolute atomic E-state index is 0.123. The highest BCUT2D eigenvalue weighted by Crippen LogP contribution is 2.23. The van der Waals surface area contributed by atoms with E-state index in [1.807, 2.05) is 30.3 Å². The molecule has 1 aliphatic heterocycles. The van der Waals surface area contributed by atoms with Gasteiger partial charge in [0.05, 0.1) is 6.61 Å². The Labute approximate surface area is 230 Å². The molecular formula is C28H43N3O8. The molecule has 1 unspecified atom stereocenters. The van der Waals surface area contributed by atoms with Gasteiger partial charge in [-0.25, -0.2) is 14.4 Å². The largest absolute Gasteiger partial charge is 0.458 e. The van der Waals surface area contributed by atoms with Crippen molar-refractivity contribution < 1.29 is 38.1 Å². The lowest BCUT2D eigenvalue weighted by molar-refractivity contribution is -0.163. The second kappa shape index (κ2) is 14.7. The number of likely N-dealkylation sites (tertiary alicyclic amines) is 1. The molecule has 3 amide bonds. The van der Waals surface area contributed by atoms with Gasteiger partial charge in [-0.1, -0.05) is 30.3 Å². The van der Waals surface area contributed by atoms with Crippen molar-refractivity contribution >= 4 is 24.1 Å². The van der Waals surface area contributed by atoms with E-state index in [-0.39, 0.29) is 32.8 Å². The maximum atomic E-state index is 13.4. The summed E-state index contributed by atoms with van der Waals surface area (Å²) in [4.78, 5) is 52.0. The van der Waals surface area contributed by atoms with Crippen LogP contribution in [0.1, 0.15) is 66.4 Å². The molecular weight excluding hydrogens is 506 g/mol. The number of rotatable bonds is 11. The molecule has 1 saturated heterocycles. The Balaban J connectivity index is 1.87. The van der Waals surface area contributed by atoms with E-state index in [0.717, 1.165) is 5.56 Å². The molecule has 2 rings (SSSR count). The molecule has 0 aromatic heterocycles. The van der Waals surface area contributed by atoms with Crippen LogP contribution < -0.4 is 10.6 Å². The number of amides is 3. The number of benzene rings is 1. The SMILES string of the molecule is CC(C)(C)OC(=O)NC(CCOCCNC(=O)OCc1ccccc1)C(=O)N1CCC[C@H]1C(=O)OC(C)(C)C. The molecule has 11 heteroatoms. The molecule has 0 aliphatic carbocycles. The highest BCUT2D eigenvalue weighted by molar-refractivity contribution is 5.90. The molecule has 1 aromatic carbocycles. The second-order valence-corrected chi connectivity index (χ2v) is 11.3. The van der Waals surface area contributed by atoms with E-state index in [0.29, 0.717) is 19.4 Å². The van der Waals surface area contributed by atoms with E-state index in [2.05, 4.69) is 10.6 Å². The first kappa shape index (κ1) is 31.9. The molecule has 1 aromatic rings. The highest BCUT2D eigenvalue weighted by atomic mass is 16.6. The fourth-order valence-electron chi connectivity index (χ4n) is 3.86. The van der Waals surface area contributed by atoms with Crippen LogP contribution in [0.3, 0.4) is 0 Å². The lowest BCUT2D eigenvalue weighted by Gasteiger charge is -2.30. The maximum absolute atomic E-state index is 13.4.